The molecule has 2 aromatic carbocycles. The SMILES string of the molecule is CCOc1ccc(Cc2cc([C@@H]3O[C@H](CN)CC(N=O)[C@H]3O)ccc2C)cc1. The zero-order valence-corrected chi connectivity index (χ0v) is 16.4. The first kappa shape index (κ1) is 20.5. The summed E-state index contributed by atoms with van der Waals surface area (Å²) >= 11 is 0. The summed E-state index contributed by atoms with van der Waals surface area (Å²) in [6.45, 7) is 4.96. The van der Waals surface area contributed by atoms with Gasteiger partial charge in [0.1, 0.15) is 24.0 Å². The van der Waals surface area contributed by atoms with Crippen molar-refractivity contribution in [3.8, 4) is 5.75 Å². The number of aliphatic hydroxyl groups is 1. The predicted molar refractivity (Wildman–Crippen MR) is 108 cm³/mol. The molecule has 0 radical (unpaired) electrons. The molecule has 1 saturated heterocycles. The van der Waals surface area contributed by atoms with Crippen molar-refractivity contribution in [2.24, 2.45) is 10.9 Å². The lowest BCUT2D eigenvalue weighted by atomic mass is 9.89. The molecule has 2 aromatic rings. The van der Waals surface area contributed by atoms with Gasteiger partial charge in [-0.15, -0.1) is 0 Å². The summed E-state index contributed by atoms with van der Waals surface area (Å²) in [6, 6.07) is 13.3. The van der Waals surface area contributed by atoms with Gasteiger partial charge in [0.2, 0.25) is 0 Å². The lowest BCUT2D eigenvalue weighted by Gasteiger charge is -2.36. The summed E-state index contributed by atoms with van der Waals surface area (Å²) in [5.41, 5.74) is 10.0. The monoisotopic (exact) mass is 384 g/mol. The molecule has 0 aromatic heterocycles. The van der Waals surface area contributed by atoms with Crippen LogP contribution in [0.15, 0.2) is 47.6 Å². The molecule has 28 heavy (non-hydrogen) atoms. The Morgan fingerprint density at radius 3 is 2.64 bits per heavy atom. The molecule has 0 amide bonds. The summed E-state index contributed by atoms with van der Waals surface area (Å²) in [6.07, 6.45) is -0.759. The third-order valence-corrected chi connectivity index (χ3v) is 5.28. The van der Waals surface area contributed by atoms with Crippen LogP contribution in [0.4, 0.5) is 0 Å². The van der Waals surface area contributed by atoms with E-state index in [1.807, 2.05) is 37.3 Å². The van der Waals surface area contributed by atoms with E-state index in [4.69, 9.17) is 15.2 Å². The molecule has 0 aliphatic carbocycles. The Balaban J connectivity index is 1.83. The van der Waals surface area contributed by atoms with Crippen LogP contribution in [0.5, 0.6) is 5.75 Å². The Morgan fingerprint density at radius 2 is 2.00 bits per heavy atom. The number of ether oxygens (including phenoxy) is 2. The molecule has 3 rings (SSSR count). The highest BCUT2D eigenvalue weighted by molar-refractivity contribution is 5.38. The number of aryl methyl sites for hydroxylation is 1. The van der Waals surface area contributed by atoms with Crippen LogP contribution in [-0.2, 0) is 11.2 Å². The highest BCUT2D eigenvalue weighted by Crippen LogP contribution is 2.34. The second-order valence-corrected chi connectivity index (χ2v) is 7.25. The van der Waals surface area contributed by atoms with Crippen LogP contribution < -0.4 is 10.5 Å². The zero-order chi connectivity index (χ0) is 20.1. The van der Waals surface area contributed by atoms with E-state index in [1.165, 1.54) is 5.56 Å². The number of nitroso groups, excluding NO2 is 1. The summed E-state index contributed by atoms with van der Waals surface area (Å²) < 4.78 is 11.5. The summed E-state index contributed by atoms with van der Waals surface area (Å²) in [7, 11) is 0. The standard InChI is InChI=1S/C22H28N2O4/c1-3-27-18-8-5-15(6-9-18)10-17-11-16(7-4-14(17)2)22-21(25)20(24-26)12-19(13-23)28-22/h4-9,11,19-22,25H,3,10,12-13,23H2,1-2H3/t19-,20?,21+,22-/m0/s1. The van der Waals surface area contributed by atoms with Crippen LogP contribution in [0.25, 0.3) is 0 Å². The van der Waals surface area contributed by atoms with E-state index in [0.29, 0.717) is 19.6 Å². The van der Waals surface area contributed by atoms with Crippen LogP contribution >= 0.6 is 0 Å². The fourth-order valence-corrected chi connectivity index (χ4v) is 3.64. The first-order valence-electron chi connectivity index (χ1n) is 9.73. The van der Waals surface area contributed by atoms with Gasteiger partial charge in [-0.1, -0.05) is 35.5 Å². The third-order valence-electron chi connectivity index (χ3n) is 5.28. The molecule has 0 bridgehead atoms. The molecule has 1 aliphatic rings. The minimum Gasteiger partial charge on any atom is -0.494 e. The van der Waals surface area contributed by atoms with Crippen molar-refractivity contribution in [2.75, 3.05) is 13.2 Å². The van der Waals surface area contributed by atoms with Crippen LogP contribution in [-0.4, -0.2) is 36.5 Å². The van der Waals surface area contributed by atoms with Crippen LogP contribution in [0.3, 0.4) is 0 Å². The average Bonchev–Trinajstić information content (AvgIpc) is 2.71. The second kappa shape index (κ2) is 9.28. The van der Waals surface area contributed by atoms with Gasteiger partial charge in [-0.25, -0.2) is 0 Å². The topological polar surface area (TPSA) is 94.1 Å². The van der Waals surface area contributed by atoms with Gasteiger partial charge in [0.05, 0.1) is 12.7 Å². The molecule has 4 atom stereocenters. The molecule has 1 unspecified atom stereocenters. The van der Waals surface area contributed by atoms with Crippen LogP contribution in [0, 0.1) is 11.8 Å². The first-order valence-corrected chi connectivity index (χ1v) is 9.73. The summed E-state index contributed by atoms with van der Waals surface area (Å²) in [5, 5.41) is 13.6. The largest absolute Gasteiger partial charge is 0.494 e. The predicted octanol–water partition coefficient (Wildman–Crippen LogP) is 3.27. The highest BCUT2D eigenvalue weighted by atomic mass is 16.5. The zero-order valence-electron chi connectivity index (χ0n) is 16.4. The number of hydrogen-bond donors (Lipinski definition) is 2. The molecule has 6 nitrogen and oxygen atoms in total. The lowest BCUT2D eigenvalue weighted by Crippen LogP contribution is -2.45. The van der Waals surface area contributed by atoms with Crippen molar-refractivity contribution >= 4 is 0 Å². The van der Waals surface area contributed by atoms with E-state index in [0.717, 1.165) is 28.9 Å². The van der Waals surface area contributed by atoms with E-state index in [2.05, 4.69) is 24.2 Å². The quantitative estimate of drug-likeness (QED) is 0.715. The fourth-order valence-electron chi connectivity index (χ4n) is 3.64. The Morgan fingerprint density at radius 1 is 1.25 bits per heavy atom. The van der Waals surface area contributed by atoms with Crippen molar-refractivity contribution < 1.29 is 14.6 Å². The van der Waals surface area contributed by atoms with Crippen molar-refractivity contribution in [1.29, 1.82) is 0 Å². The third kappa shape index (κ3) is 4.58. The fraction of sp³-hybridized carbons (Fsp3) is 0.455. The van der Waals surface area contributed by atoms with Gasteiger partial charge in [0.25, 0.3) is 0 Å². The molecule has 1 heterocycles. The van der Waals surface area contributed by atoms with Crippen molar-refractivity contribution in [2.45, 2.75) is 51.0 Å². The lowest BCUT2D eigenvalue weighted by molar-refractivity contribution is -0.125. The average molecular weight is 384 g/mol. The smallest absolute Gasteiger partial charge is 0.123 e. The maximum atomic E-state index is 11.1. The van der Waals surface area contributed by atoms with Gasteiger partial charge in [-0.05, 0) is 54.7 Å². The number of rotatable bonds is 7. The van der Waals surface area contributed by atoms with Crippen LogP contribution in [0.2, 0.25) is 0 Å². The van der Waals surface area contributed by atoms with E-state index < -0.39 is 18.2 Å². The molecular formula is C22H28N2O4. The molecule has 150 valence electrons. The van der Waals surface area contributed by atoms with Gasteiger partial charge in [0, 0.05) is 13.0 Å². The summed E-state index contributed by atoms with van der Waals surface area (Å²) in [5.74, 6) is 0.857. The molecule has 3 N–H and O–H groups in total. The number of benzene rings is 2. The van der Waals surface area contributed by atoms with Gasteiger partial charge in [0.15, 0.2) is 0 Å². The molecule has 1 fully saturated rings. The van der Waals surface area contributed by atoms with Crippen LogP contribution in [0.1, 0.15) is 41.7 Å². The Hall–Kier alpha value is -2.28. The summed E-state index contributed by atoms with van der Waals surface area (Å²) in [4.78, 5) is 11.1. The minimum absolute atomic E-state index is 0.285. The number of hydrogen-bond acceptors (Lipinski definition) is 6. The molecule has 0 spiro atoms. The second-order valence-electron chi connectivity index (χ2n) is 7.25. The van der Waals surface area contributed by atoms with Gasteiger partial charge < -0.3 is 20.3 Å². The van der Waals surface area contributed by atoms with E-state index >= 15 is 0 Å². The molecule has 6 heteroatoms. The van der Waals surface area contributed by atoms with Gasteiger partial charge in [-0.2, -0.15) is 4.91 Å². The highest BCUT2D eigenvalue weighted by Gasteiger charge is 2.39. The van der Waals surface area contributed by atoms with Gasteiger partial charge in [-0.3, -0.25) is 0 Å². The minimum atomic E-state index is -0.971. The van der Waals surface area contributed by atoms with Gasteiger partial charge >= 0.3 is 0 Å². The Bertz CT molecular complexity index is 794. The van der Waals surface area contributed by atoms with Crippen molar-refractivity contribution in [3.05, 3.63) is 69.6 Å². The van der Waals surface area contributed by atoms with E-state index in [-0.39, 0.29) is 6.10 Å². The molecule has 0 saturated carbocycles. The number of aliphatic hydroxyl groups excluding tert-OH is 1. The Labute approximate surface area is 165 Å². The van der Waals surface area contributed by atoms with E-state index in [1.54, 1.807) is 0 Å². The number of nitrogens with zero attached hydrogens (tertiary/aromatic N) is 1. The molecule has 1 aliphatic heterocycles. The maximum absolute atomic E-state index is 11.1. The maximum Gasteiger partial charge on any atom is 0.123 e. The Kier molecular flexibility index (Phi) is 6.78. The van der Waals surface area contributed by atoms with Crippen molar-refractivity contribution in [1.82, 2.24) is 0 Å². The normalized spacial score (nSPS) is 24.7. The first-order chi connectivity index (χ1) is 13.5. The van der Waals surface area contributed by atoms with E-state index in [9.17, 15) is 10.0 Å². The number of nitrogens with two attached hydrogens (primary N) is 1. The van der Waals surface area contributed by atoms with Crippen molar-refractivity contribution in [3.63, 3.8) is 0 Å². The molecular weight excluding hydrogens is 356 g/mol.